The molecule has 1 aromatic carbocycles. The molecule has 0 saturated heterocycles. The van der Waals surface area contributed by atoms with Crippen LogP contribution in [0, 0.1) is 5.92 Å². The summed E-state index contributed by atoms with van der Waals surface area (Å²) in [4.78, 5) is 26.5. The van der Waals surface area contributed by atoms with Gasteiger partial charge in [0.25, 0.3) is 5.56 Å². The summed E-state index contributed by atoms with van der Waals surface area (Å²) in [6.07, 6.45) is 4.52. The van der Waals surface area contributed by atoms with E-state index in [2.05, 4.69) is 17.3 Å². The molecule has 1 aliphatic carbocycles. The van der Waals surface area contributed by atoms with Gasteiger partial charge in [-0.25, -0.2) is 4.68 Å². The Kier molecular flexibility index (Phi) is 5.07. The smallest absolute Gasteiger partial charge is 0.275 e. The van der Waals surface area contributed by atoms with Crippen LogP contribution in [0.1, 0.15) is 32.6 Å². The van der Waals surface area contributed by atoms with Gasteiger partial charge in [-0.3, -0.25) is 9.59 Å². The summed E-state index contributed by atoms with van der Waals surface area (Å²) in [5.41, 5.74) is 0.525. The van der Waals surface area contributed by atoms with Crippen molar-refractivity contribution in [2.75, 3.05) is 0 Å². The third-order valence-electron chi connectivity index (χ3n) is 5.37. The minimum atomic E-state index is -0.224. The van der Waals surface area contributed by atoms with Gasteiger partial charge in [0.15, 0.2) is 0 Å². The van der Waals surface area contributed by atoms with Crippen LogP contribution in [0.2, 0.25) is 0 Å². The first-order valence-corrected chi connectivity index (χ1v) is 10.3. The van der Waals surface area contributed by atoms with E-state index in [4.69, 9.17) is 0 Å². The van der Waals surface area contributed by atoms with Crippen molar-refractivity contribution in [1.29, 1.82) is 0 Å². The second-order valence-electron chi connectivity index (χ2n) is 7.27. The average Bonchev–Trinajstić information content (AvgIpc) is 3.20. The van der Waals surface area contributed by atoms with Crippen molar-refractivity contribution in [1.82, 2.24) is 15.1 Å². The zero-order valence-corrected chi connectivity index (χ0v) is 16.2. The van der Waals surface area contributed by atoms with E-state index in [0.717, 1.165) is 35.2 Å². The molecule has 27 heavy (non-hydrogen) atoms. The number of hydrogen-bond donors (Lipinski definition) is 1. The fourth-order valence-corrected chi connectivity index (χ4v) is 4.58. The standard InChI is InChI=1S/C21H23N3O2S/c1-14-7-2-5-10-17(14)22-19(25)13-24-21(26)16-9-4-3-8-15(16)20(23-24)18-11-6-12-27-18/h3-4,6,8-9,11-12,14,17H,2,5,7,10,13H2,1H3,(H,22,25)/t14-,17+/m0/s1. The maximum atomic E-state index is 12.9. The highest BCUT2D eigenvalue weighted by Gasteiger charge is 2.23. The number of thiophene rings is 1. The normalized spacial score (nSPS) is 19.9. The van der Waals surface area contributed by atoms with Crippen LogP contribution in [0.5, 0.6) is 0 Å². The fourth-order valence-electron chi connectivity index (χ4n) is 3.86. The van der Waals surface area contributed by atoms with Crippen LogP contribution >= 0.6 is 11.3 Å². The minimum absolute atomic E-state index is 0.0503. The Morgan fingerprint density at radius 3 is 2.70 bits per heavy atom. The van der Waals surface area contributed by atoms with Gasteiger partial charge in [0.1, 0.15) is 12.2 Å². The van der Waals surface area contributed by atoms with E-state index >= 15 is 0 Å². The van der Waals surface area contributed by atoms with Gasteiger partial charge in [-0.1, -0.05) is 44.0 Å². The van der Waals surface area contributed by atoms with Gasteiger partial charge in [-0.05, 0) is 36.3 Å². The number of carbonyl (C=O) groups is 1. The third-order valence-corrected chi connectivity index (χ3v) is 6.25. The maximum absolute atomic E-state index is 12.9. The minimum Gasteiger partial charge on any atom is -0.351 e. The van der Waals surface area contributed by atoms with Crippen molar-refractivity contribution >= 4 is 28.0 Å². The zero-order chi connectivity index (χ0) is 18.8. The quantitative estimate of drug-likeness (QED) is 0.747. The molecule has 1 saturated carbocycles. The van der Waals surface area contributed by atoms with Crippen molar-refractivity contribution in [3.8, 4) is 10.6 Å². The molecule has 2 atom stereocenters. The molecule has 0 bridgehead atoms. The van der Waals surface area contributed by atoms with Crippen LogP contribution in [0.15, 0.2) is 46.6 Å². The number of aromatic nitrogens is 2. The van der Waals surface area contributed by atoms with E-state index in [9.17, 15) is 9.59 Å². The highest BCUT2D eigenvalue weighted by molar-refractivity contribution is 7.13. The molecular formula is C21H23N3O2S. The van der Waals surface area contributed by atoms with E-state index in [1.54, 1.807) is 17.4 Å². The summed E-state index contributed by atoms with van der Waals surface area (Å²) >= 11 is 1.57. The van der Waals surface area contributed by atoms with E-state index in [-0.39, 0.29) is 24.1 Å². The summed E-state index contributed by atoms with van der Waals surface area (Å²) < 4.78 is 1.31. The molecule has 0 aliphatic heterocycles. The Labute approximate surface area is 162 Å². The second-order valence-corrected chi connectivity index (χ2v) is 8.22. The molecule has 4 rings (SSSR count). The lowest BCUT2D eigenvalue weighted by atomic mass is 9.86. The van der Waals surface area contributed by atoms with Gasteiger partial charge in [-0.2, -0.15) is 5.10 Å². The number of amides is 1. The van der Waals surface area contributed by atoms with E-state index in [1.807, 2.05) is 35.7 Å². The fraction of sp³-hybridized carbons (Fsp3) is 0.381. The van der Waals surface area contributed by atoms with Crippen molar-refractivity contribution in [2.45, 2.75) is 45.2 Å². The van der Waals surface area contributed by atoms with Crippen molar-refractivity contribution < 1.29 is 4.79 Å². The summed E-state index contributed by atoms with van der Waals surface area (Å²) in [6, 6.07) is 11.6. The summed E-state index contributed by atoms with van der Waals surface area (Å²) in [7, 11) is 0. The molecule has 6 heteroatoms. The summed E-state index contributed by atoms with van der Waals surface area (Å²) in [6.45, 7) is 2.13. The van der Waals surface area contributed by atoms with Gasteiger partial charge >= 0.3 is 0 Å². The number of fused-ring (bicyclic) bond motifs is 1. The lowest BCUT2D eigenvalue weighted by Crippen LogP contribution is -2.43. The summed E-state index contributed by atoms with van der Waals surface area (Å²) in [5.74, 6) is 0.335. The number of hydrogen-bond acceptors (Lipinski definition) is 4. The van der Waals surface area contributed by atoms with Gasteiger partial charge in [-0.15, -0.1) is 11.3 Å². The SMILES string of the molecule is C[C@H]1CCCC[C@H]1NC(=O)Cn1nc(-c2cccs2)c2ccccc2c1=O. The molecular weight excluding hydrogens is 358 g/mol. The lowest BCUT2D eigenvalue weighted by Gasteiger charge is -2.29. The van der Waals surface area contributed by atoms with E-state index < -0.39 is 0 Å². The van der Waals surface area contributed by atoms with Crippen LogP contribution in [-0.2, 0) is 11.3 Å². The number of carbonyl (C=O) groups excluding carboxylic acids is 1. The predicted molar refractivity (Wildman–Crippen MR) is 109 cm³/mol. The van der Waals surface area contributed by atoms with Gasteiger partial charge in [0.2, 0.25) is 5.91 Å². The number of rotatable bonds is 4. The Balaban J connectivity index is 1.66. The van der Waals surface area contributed by atoms with Gasteiger partial charge in [0, 0.05) is 11.4 Å². The molecule has 1 N–H and O–H groups in total. The Morgan fingerprint density at radius 2 is 1.96 bits per heavy atom. The Morgan fingerprint density at radius 1 is 1.19 bits per heavy atom. The first-order valence-electron chi connectivity index (χ1n) is 9.46. The van der Waals surface area contributed by atoms with Crippen LogP contribution in [0.3, 0.4) is 0 Å². The van der Waals surface area contributed by atoms with Crippen LogP contribution < -0.4 is 10.9 Å². The Bertz CT molecular complexity index is 1010. The molecule has 2 heterocycles. The average molecular weight is 382 g/mol. The monoisotopic (exact) mass is 381 g/mol. The third kappa shape index (κ3) is 3.67. The topological polar surface area (TPSA) is 64.0 Å². The van der Waals surface area contributed by atoms with Crippen molar-refractivity contribution in [3.63, 3.8) is 0 Å². The summed E-state index contributed by atoms with van der Waals surface area (Å²) in [5, 5.41) is 11.1. The number of nitrogens with one attached hydrogen (secondary N) is 1. The molecule has 140 valence electrons. The van der Waals surface area contributed by atoms with Gasteiger partial charge < -0.3 is 5.32 Å². The zero-order valence-electron chi connectivity index (χ0n) is 15.4. The molecule has 3 aromatic rings. The maximum Gasteiger partial charge on any atom is 0.275 e. The number of benzene rings is 1. The molecule has 1 amide bonds. The molecule has 0 radical (unpaired) electrons. The molecule has 1 aliphatic rings. The lowest BCUT2D eigenvalue weighted by molar-refractivity contribution is -0.123. The largest absolute Gasteiger partial charge is 0.351 e. The van der Waals surface area contributed by atoms with Crippen LogP contribution in [0.25, 0.3) is 21.3 Å². The highest BCUT2D eigenvalue weighted by Crippen LogP contribution is 2.28. The van der Waals surface area contributed by atoms with Crippen LogP contribution in [0.4, 0.5) is 0 Å². The molecule has 0 spiro atoms. The highest BCUT2D eigenvalue weighted by atomic mass is 32.1. The first kappa shape index (κ1) is 17.9. The van der Waals surface area contributed by atoms with E-state index in [1.165, 1.54) is 11.1 Å². The number of nitrogens with zero attached hydrogens (tertiary/aromatic N) is 2. The molecule has 2 aromatic heterocycles. The Hall–Kier alpha value is -2.47. The first-order chi connectivity index (χ1) is 13.1. The second kappa shape index (κ2) is 7.64. The van der Waals surface area contributed by atoms with Crippen LogP contribution in [-0.4, -0.2) is 21.7 Å². The molecule has 5 nitrogen and oxygen atoms in total. The predicted octanol–water partition coefficient (Wildman–Crippen LogP) is 3.82. The van der Waals surface area contributed by atoms with E-state index in [0.29, 0.717) is 11.3 Å². The molecule has 1 fully saturated rings. The molecule has 0 unspecified atom stereocenters. The van der Waals surface area contributed by atoms with Crippen molar-refractivity contribution in [2.24, 2.45) is 5.92 Å². The van der Waals surface area contributed by atoms with Crippen molar-refractivity contribution in [3.05, 3.63) is 52.1 Å². The van der Waals surface area contributed by atoms with Gasteiger partial charge in [0.05, 0.1) is 10.3 Å².